The van der Waals surface area contributed by atoms with E-state index in [0.717, 1.165) is 17.5 Å². The third-order valence-electron chi connectivity index (χ3n) is 2.97. The summed E-state index contributed by atoms with van der Waals surface area (Å²) in [5, 5.41) is 0. The maximum atomic E-state index is 12.0. The van der Waals surface area contributed by atoms with Crippen LogP contribution in [-0.2, 0) is 13.6 Å². The first-order valence-corrected chi connectivity index (χ1v) is 5.94. The van der Waals surface area contributed by atoms with Crippen molar-refractivity contribution in [3.8, 4) is 0 Å². The van der Waals surface area contributed by atoms with Crippen LogP contribution in [0.3, 0.4) is 0 Å². The lowest BCUT2D eigenvalue weighted by Crippen LogP contribution is -3.05. The topological polar surface area (TPSA) is 77.1 Å². The lowest BCUT2D eigenvalue weighted by atomic mass is 10.4. The van der Waals surface area contributed by atoms with E-state index in [-0.39, 0.29) is 11.2 Å². The van der Waals surface area contributed by atoms with Gasteiger partial charge in [0.15, 0.2) is 5.65 Å². The SMILES string of the molecule is Cn1c(=O)c2[nH]cnc2n(CCC[NH+](C)C)c1=O. The van der Waals surface area contributed by atoms with Crippen molar-refractivity contribution in [1.29, 1.82) is 0 Å². The van der Waals surface area contributed by atoms with Gasteiger partial charge >= 0.3 is 5.69 Å². The first-order valence-electron chi connectivity index (χ1n) is 5.94. The number of hydrogen-bond acceptors (Lipinski definition) is 3. The molecule has 0 saturated heterocycles. The molecule has 0 aliphatic carbocycles. The van der Waals surface area contributed by atoms with Crippen LogP contribution >= 0.6 is 0 Å². The van der Waals surface area contributed by atoms with Crippen LogP contribution in [0, 0.1) is 0 Å². The number of aromatic amines is 1. The lowest BCUT2D eigenvalue weighted by molar-refractivity contribution is -0.858. The average Bonchev–Trinajstić information content (AvgIpc) is 2.79. The van der Waals surface area contributed by atoms with Gasteiger partial charge in [0, 0.05) is 20.0 Å². The number of imidazole rings is 1. The van der Waals surface area contributed by atoms with Crippen LogP contribution in [-0.4, -0.2) is 39.7 Å². The minimum atomic E-state index is -0.331. The molecule has 0 aromatic carbocycles. The van der Waals surface area contributed by atoms with Gasteiger partial charge in [0.1, 0.15) is 5.52 Å². The van der Waals surface area contributed by atoms with E-state index < -0.39 is 0 Å². The highest BCUT2D eigenvalue weighted by Crippen LogP contribution is 2.01. The summed E-state index contributed by atoms with van der Waals surface area (Å²) in [6.07, 6.45) is 2.31. The van der Waals surface area contributed by atoms with Crippen molar-refractivity contribution < 1.29 is 4.90 Å². The van der Waals surface area contributed by atoms with Crippen LogP contribution < -0.4 is 16.1 Å². The molecular weight excluding hydrogens is 234 g/mol. The van der Waals surface area contributed by atoms with E-state index in [1.54, 1.807) is 4.57 Å². The number of H-pyrrole nitrogens is 1. The summed E-state index contributed by atoms with van der Waals surface area (Å²) in [7, 11) is 5.61. The molecule has 98 valence electrons. The summed E-state index contributed by atoms with van der Waals surface area (Å²) in [6.45, 7) is 1.53. The van der Waals surface area contributed by atoms with Crippen molar-refractivity contribution >= 4 is 11.2 Å². The van der Waals surface area contributed by atoms with Crippen molar-refractivity contribution in [2.24, 2.45) is 7.05 Å². The number of fused-ring (bicyclic) bond motifs is 1. The van der Waals surface area contributed by atoms with Crippen molar-refractivity contribution in [3.63, 3.8) is 0 Å². The molecule has 0 spiro atoms. The quantitative estimate of drug-likeness (QED) is 0.658. The van der Waals surface area contributed by atoms with Crippen molar-refractivity contribution in [2.45, 2.75) is 13.0 Å². The Morgan fingerprint density at radius 3 is 2.78 bits per heavy atom. The number of nitrogens with one attached hydrogen (secondary N) is 2. The van der Waals surface area contributed by atoms with E-state index in [4.69, 9.17) is 0 Å². The zero-order valence-electron chi connectivity index (χ0n) is 10.9. The summed E-state index contributed by atoms with van der Waals surface area (Å²) >= 11 is 0. The maximum absolute atomic E-state index is 12.0. The molecule has 0 radical (unpaired) electrons. The summed E-state index contributed by atoms with van der Waals surface area (Å²) in [4.78, 5) is 32.0. The Bertz CT molecular complexity index is 664. The van der Waals surface area contributed by atoms with Crippen molar-refractivity contribution in [1.82, 2.24) is 19.1 Å². The highest BCUT2D eigenvalue weighted by molar-refractivity contribution is 5.68. The van der Waals surface area contributed by atoms with Crippen LogP contribution in [0.1, 0.15) is 6.42 Å². The molecule has 2 heterocycles. The number of nitrogens with zero attached hydrogens (tertiary/aromatic N) is 3. The van der Waals surface area contributed by atoms with E-state index in [1.165, 1.54) is 18.3 Å². The van der Waals surface area contributed by atoms with Crippen molar-refractivity contribution in [3.05, 3.63) is 27.2 Å². The monoisotopic (exact) mass is 252 g/mol. The number of aromatic nitrogens is 4. The summed E-state index contributed by atoms with van der Waals surface area (Å²) in [6, 6.07) is 0. The number of aryl methyl sites for hydroxylation is 1. The van der Waals surface area contributed by atoms with Gasteiger partial charge < -0.3 is 9.88 Å². The summed E-state index contributed by atoms with van der Waals surface area (Å²) in [5.74, 6) is 0. The second-order valence-electron chi connectivity index (χ2n) is 4.71. The van der Waals surface area contributed by atoms with Gasteiger partial charge in [-0.1, -0.05) is 0 Å². The fraction of sp³-hybridized carbons (Fsp3) is 0.545. The highest BCUT2D eigenvalue weighted by atomic mass is 16.2. The van der Waals surface area contributed by atoms with Gasteiger partial charge in [-0.25, -0.2) is 9.78 Å². The van der Waals surface area contributed by atoms with Gasteiger partial charge in [-0.3, -0.25) is 13.9 Å². The molecule has 2 N–H and O–H groups in total. The van der Waals surface area contributed by atoms with E-state index >= 15 is 0 Å². The molecule has 7 nitrogen and oxygen atoms in total. The Kier molecular flexibility index (Phi) is 3.33. The van der Waals surface area contributed by atoms with Gasteiger partial charge in [-0.15, -0.1) is 0 Å². The lowest BCUT2D eigenvalue weighted by Gasteiger charge is -2.10. The summed E-state index contributed by atoms with van der Waals surface area (Å²) in [5.41, 5.74) is 0.182. The van der Waals surface area contributed by atoms with Crippen LogP contribution in [0.25, 0.3) is 11.2 Å². The maximum Gasteiger partial charge on any atom is 0.332 e. The molecule has 0 saturated carbocycles. The molecule has 2 rings (SSSR count). The molecule has 0 bridgehead atoms. The third-order valence-corrected chi connectivity index (χ3v) is 2.97. The third kappa shape index (κ3) is 2.08. The van der Waals surface area contributed by atoms with Crippen molar-refractivity contribution in [2.75, 3.05) is 20.6 Å². The van der Waals surface area contributed by atoms with Crippen LogP contribution in [0.15, 0.2) is 15.9 Å². The molecule has 7 heteroatoms. The summed E-state index contributed by atoms with van der Waals surface area (Å²) < 4.78 is 2.67. The second-order valence-corrected chi connectivity index (χ2v) is 4.71. The zero-order valence-corrected chi connectivity index (χ0v) is 10.9. The molecule has 0 amide bonds. The van der Waals surface area contributed by atoms with E-state index in [1.807, 2.05) is 0 Å². The molecular formula is C11H18N5O2+. The first kappa shape index (κ1) is 12.6. The number of quaternary nitrogens is 1. The largest absolute Gasteiger partial charge is 0.340 e. The zero-order chi connectivity index (χ0) is 13.3. The molecule has 2 aromatic heterocycles. The van der Waals surface area contributed by atoms with Gasteiger partial charge in [0.2, 0.25) is 0 Å². The standard InChI is InChI=1S/C11H17N5O2/c1-14(2)5-4-6-16-9-8(12-7-13-9)10(17)15(3)11(16)18/h7H,4-6H2,1-3H3,(H,12,13)/p+1. The molecule has 18 heavy (non-hydrogen) atoms. The van der Waals surface area contributed by atoms with Gasteiger partial charge in [-0.05, 0) is 0 Å². The Balaban J connectivity index is 2.46. The van der Waals surface area contributed by atoms with Crippen LogP contribution in [0.4, 0.5) is 0 Å². The highest BCUT2D eigenvalue weighted by Gasteiger charge is 2.12. The predicted octanol–water partition coefficient (Wildman–Crippen LogP) is -2.04. The number of hydrogen-bond donors (Lipinski definition) is 2. The van der Waals surface area contributed by atoms with Gasteiger partial charge in [0.25, 0.3) is 5.56 Å². The van der Waals surface area contributed by atoms with E-state index in [9.17, 15) is 9.59 Å². The molecule has 0 aliphatic heterocycles. The molecule has 2 aromatic rings. The average molecular weight is 252 g/mol. The van der Waals surface area contributed by atoms with E-state index in [2.05, 4.69) is 24.1 Å². The molecule has 0 aliphatic rings. The Morgan fingerprint density at radius 1 is 1.39 bits per heavy atom. The molecule has 0 atom stereocenters. The second kappa shape index (κ2) is 4.77. The minimum absolute atomic E-state index is 0.312. The molecule has 0 unspecified atom stereocenters. The smallest absolute Gasteiger partial charge is 0.332 e. The van der Waals surface area contributed by atoms with Crippen LogP contribution in [0.5, 0.6) is 0 Å². The van der Waals surface area contributed by atoms with Gasteiger partial charge in [0.05, 0.1) is 27.0 Å². The fourth-order valence-corrected chi connectivity index (χ4v) is 1.97. The first-order chi connectivity index (χ1) is 8.52. The van der Waals surface area contributed by atoms with Crippen LogP contribution in [0.2, 0.25) is 0 Å². The predicted molar refractivity (Wildman–Crippen MR) is 67.9 cm³/mol. The van der Waals surface area contributed by atoms with Gasteiger partial charge in [-0.2, -0.15) is 0 Å². The minimum Gasteiger partial charge on any atom is -0.340 e. The normalized spacial score (nSPS) is 11.6. The Morgan fingerprint density at radius 2 is 2.11 bits per heavy atom. The fourth-order valence-electron chi connectivity index (χ4n) is 1.97. The Hall–Kier alpha value is -1.89. The van der Waals surface area contributed by atoms with E-state index in [0.29, 0.717) is 17.7 Å². The number of rotatable bonds is 4. The molecule has 0 fully saturated rings. The Labute approximate surface area is 104 Å².